The van der Waals surface area contributed by atoms with Crippen LogP contribution in [-0.4, -0.2) is 37.4 Å². The van der Waals surface area contributed by atoms with Gasteiger partial charge in [0.2, 0.25) is 5.13 Å². The number of carbonyl (C=O) groups is 1. The summed E-state index contributed by atoms with van der Waals surface area (Å²) in [6.07, 6.45) is 0. The number of carbonyl (C=O) groups excluding carboxylic acids is 1. The van der Waals surface area contributed by atoms with Crippen molar-refractivity contribution in [2.24, 2.45) is 0 Å². The molecule has 29 heavy (non-hydrogen) atoms. The Morgan fingerprint density at radius 3 is 2.76 bits per heavy atom. The highest BCUT2D eigenvalue weighted by Crippen LogP contribution is 2.25. The highest BCUT2D eigenvalue weighted by molar-refractivity contribution is 7.10. The van der Waals surface area contributed by atoms with E-state index in [2.05, 4.69) is 25.0 Å². The van der Waals surface area contributed by atoms with Gasteiger partial charge in [0.1, 0.15) is 5.75 Å². The van der Waals surface area contributed by atoms with E-state index in [0.29, 0.717) is 27.2 Å². The first kappa shape index (κ1) is 19.0. The number of rotatable bonds is 5. The lowest BCUT2D eigenvalue weighted by atomic mass is 10.2. The number of nitrogens with one attached hydrogen (secondary N) is 1. The second-order valence-electron chi connectivity index (χ2n) is 6.02. The number of amides is 1. The van der Waals surface area contributed by atoms with Crippen molar-refractivity contribution >= 4 is 34.2 Å². The van der Waals surface area contributed by atoms with Crippen molar-refractivity contribution in [1.82, 2.24) is 24.4 Å². The first-order valence-corrected chi connectivity index (χ1v) is 9.68. The van der Waals surface area contributed by atoms with Crippen LogP contribution < -0.4 is 10.1 Å². The fraction of sp³-hybridized carbons (Fsp3) is 0.105. The summed E-state index contributed by atoms with van der Waals surface area (Å²) in [5, 5.41) is 12.1. The Labute approximate surface area is 175 Å². The monoisotopic (exact) mass is 426 g/mol. The van der Waals surface area contributed by atoms with Crippen molar-refractivity contribution in [3.05, 3.63) is 64.8 Å². The number of methoxy groups -OCH3 is 1. The number of aromatic nitrogens is 5. The van der Waals surface area contributed by atoms with Crippen LogP contribution in [0.4, 0.5) is 5.13 Å². The Morgan fingerprint density at radius 2 is 2.00 bits per heavy atom. The molecule has 0 saturated carbocycles. The standard InChI is InChI=1S/C19H15ClN6O2S/c1-11-16(23-25-26(11)14-4-3-5-15(10-14)28-2)17-21-19(29-24-17)22-18(27)12-6-8-13(20)9-7-12/h3-10H,1-2H3,(H,21,22,24,27). The number of hydrogen-bond donors (Lipinski definition) is 1. The normalized spacial score (nSPS) is 10.7. The summed E-state index contributed by atoms with van der Waals surface area (Å²) in [6.45, 7) is 1.88. The van der Waals surface area contributed by atoms with E-state index >= 15 is 0 Å². The second-order valence-corrected chi connectivity index (χ2v) is 7.21. The highest BCUT2D eigenvalue weighted by atomic mass is 35.5. The topological polar surface area (TPSA) is 94.8 Å². The third kappa shape index (κ3) is 3.96. The van der Waals surface area contributed by atoms with E-state index in [-0.39, 0.29) is 5.91 Å². The number of nitrogens with zero attached hydrogens (tertiary/aromatic N) is 5. The minimum absolute atomic E-state index is 0.291. The predicted molar refractivity (Wildman–Crippen MR) is 111 cm³/mol. The molecule has 0 unspecified atom stereocenters. The lowest BCUT2D eigenvalue weighted by Crippen LogP contribution is -2.11. The van der Waals surface area contributed by atoms with Crippen molar-refractivity contribution in [2.75, 3.05) is 12.4 Å². The van der Waals surface area contributed by atoms with Crippen LogP contribution in [0.2, 0.25) is 5.02 Å². The quantitative estimate of drug-likeness (QED) is 0.518. The molecular weight excluding hydrogens is 412 g/mol. The van der Waals surface area contributed by atoms with Gasteiger partial charge in [0.15, 0.2) is 11.5 Å². The zero-order valence-corrected chi connectivity index (χ0v) is 17.0. The third-order valence-electron chi connectivity index (χ3n) is 4.16. The molecule has 0 aliphatic rings. The second kappa shape index (κ2) is 7.98. The van der Waals surface area contributed by atoms with Gasteiger partial charge in [-0.15, -0.1) is 5.10 Å². The number of hydrogen-bond acceptors (Lipinski definition) is 7. The molecule has 2 heterocycles. The molecule has 0 aliphatic heterocycles. The first-order valence-electron chi connectivity index (χ1n) is 8.53. The molecule has 0 radical (unpaired) electrons. The van der Waals surface area contributed by atoms with Gasteiger partial charge in [-0.3, -0.25) is 10.1 Å². The molecule has 0 spiro atoms. The summed E-state index contributed by atoms with van der Waals surface area (Å²) in [5.41, 5.74) is 2.60. The first-order chi connectivity index (χ1) is 14.0. The minimum atomic E-state index is -0.291. The summed E-state index contributed by atoms with van der Waals surface area (Å²) in [5.74, 6) is 0.826. The molecule has 2 aromatic heterocycles. The van der Waals surface area contributed by atoms with Crippen LogP contribution in [0.1, 0.15) is 16.1 Å². The maximum Gasteiger partial charge on any atom is 0.257 e. The van der Waals surface area contributed by atoms with Gasteiger partial charge >= 0.3 is 0 Å². The van der Waals surface area contributed by atoms with Gasteiger partial charge in [0.25, 0.3) is 5.91 Å². The summed E-state index contributed by atoms with van der Waals surface area (Å²) >= 11 is 6.93. The molecule has 4 rings (SSSR count). The predicted octanol–water partition coefficient (Wildman–Crippen LogP) is 4.01. The van der Waals surface area contributed by atoms with Gasteiger partial charge in [-0.25, -0.2) is 4.68 Å². The maximum absolute atomic E-state index is 12.3. The van der Waals surface area contributed by atoms with Gasteiger partial charge < -0.3 is 4.74 Å². The van der Waals surface area contributed by atoms with Crippen LogP contribution >= 0.6 is 23.1 Å². The lowest BCUT2D eigenvalue weighted by Gasteiger charge is -2.05. The van der Waals surface area contributed by atoms with Gasteiger partial charge in [-0.05, 0) is 43.3 Å². The van der Waals surface area contributed by atoms with Crippen molar-refractivity contribution in [2.45, 2.75) is 6.92 Å². The Bertz CT molecular complexity index is 1170. The molecule has 0 aliphatic carbocycles. The average molecular weight is 427 g/mol. The molecule has 1 N–H and O–H groups in total. The Hall–Kier alpha value is -3.30. The summed E-state index contributed by atoms with van der Waals surface area (Å²) in [6, 6.07) is 14.1. The molecule has 0 atom stereocenters. The Kier molecular flexibility index (Phi) is 5.24. The van der Waals surface area contributed by atoms with E-state index < -0.39 is 0 Å². The van der Waals surface area contributed by atoms with Crippen LogP contribution in [0.25, 0.3) is 17.2 Å². The van der Waals surface area contributed by atoms with Crippen LogP contribution in [-0.2, 0) is 0 Å². The zero-order valence-electron chi connectivity index (χ0n) is 15.5. The van der Waals surface area contributed by atoms with E-state index in [1.54, 1.807) is 36.1 Å². The van der Waals surface area contributed by atoms with Crippen molar-refractivity contribution in [1.29, 1.82) is 0 Å². The molecule has 0 fully saturated rings. The molecule has 146 valence electrons. The molecule has 10 heteroatoms. The molecule has 4 aromatic rings. The van der Waals surface area contributed by atoms with E-state index in [1.807, 2.05) is 31.2 Å². The fourth-order valence-electron chi connectivity index (χ4n) is 2.66. The summed E-state index contributed by atoms with van der Waals surface area (Å²) in [7, 11) is 1.61. The minimum Gasteiger partial charge on any atom is -0.497 e. The maximum atomic E-state index is 12.3. The molecule has 0 saturated heterocycles. The van der Waals surface area contributed by atoms with Gasteiger partial charge in [-0.2, -0.15) is 9.36 Å². The van der Waals surface area contributed by atoms with Gasteiger partial charge in [-0.1, -0.05) is 22.9 Å². The molecule has 1 amide bonds. The van der Waals surface area contributed by atoms with Gasteiger partial charge in [0, 0.05) is 28.2 Å². The van der Waals surface area contributed by atoms with Crippen molar-refractivity contribution in [3.8, 4) is 23.0 Å². The number of benzene rings is 2. The zero-order chi connectivity index (χ0) is 20.4. The van der Waals surface area contributed by atoms with Crippen molar-refractivity contribution < 1.29 is 9.53 Å². The SMILES string of the molecule is COc1cccc(-n2nnc(-c3nsc(NC(=O)c4ccc(Cl)cc4)n3)c2C)c1. The largest absolute Gasteiger partial charge is 0.497 e. The van der Waals surface area contributed by atoms with Crippen LogP contribution in [0.3, 0.4) is 0 Å². The van der Waals surface area contributed by atoms with Crippen LogP contribution in [0.5, 0.6) is 5.75 Å². The highest BCUT2D eigenvalue weighted by Gasteiger charge is 2.18. The molecule has 2 aromatic carbocycles. The number of anilines is 1. The van der Waals surface area contributed by atoms with E-state index in [4.69, 9.17) is 16.3 Å². The fourth-order valence-corrected chi connectivity index (χ4v) is 3.36. The van der Waals surface area contributed by atoms with E-state index in [9.17, 15) is 4.79 Å². The molecule has 8 nitrogen and oxygen atoms in total. The van der Waals surface area contributed by atoms with Crippen molar-refractivity contribution in [3.63, 3.8) is 0 Å². The van der Waals surface area contributed by atoms with Crippen LogP contribution in [0.15, 0.2) is 48.5 Å². The molecule has 0 bridgehead atoms. The third-order valence-corrected chi connectivity index (χ3v) is 5.04. The van der Waals surface area contributed by atoms with Crippen LogP contribution in [0, 0.1) is 6.92 Å². The molecular formula is C19H15ClN6O2S. The number of ether oxygens (including phenoxy) is 1. The van der Waals surface area contributed by atoms with Gasteiger partial charge in [0.05, 0.1) is 18.5 Å². The smallest absolute Gasteiger partial charge is 0.257 e. The van der Waals surface area contributed by atoms with E-state index in [1.165, 1.54) is 0 Å². The Balaban J connectivity index is 1.56. The lowest BCUT2D eigenvalue weighted by molar-refractivity contribution is 0.102. The van der Waals surface area contributed by atoms with E-state index in [0.717, 1.165) is 28.7 Å². The number of halogens is 1. The Morgan fingerprint density at radius 1 is 1.21 bits per heavy atom. The summed E-state index contributed by atoms with van der Waals surface area (Å²) < 4.78 is 11.2. The summed E-state index contributed by atoms with van der Waals surface area (Å²) in [4.78, 5) is 16.7. The average Bonchev–Trinajstić information content (AvgIpc) is 3.34.